The number of rotatable bonds is 4. The van der Waals surface area contributed by atoms with Gasteiger partial charge in [-0.2, -0.15) is 0 Å². The number of ether oxygens (including phenoxy) is 1. The molecule has 2 heteroatoms. The summed E-state index contributed by atoms with van der Waals surface area (Å²) in [6.45, 7) is 0. The van der Waals surface area contributed by atoms with Crippen molar-refractivity contribution in [2.24, 2.45) is 11.8 Å². The molecule has 0 N–H and O–H groups in total. The Morgan fingerprint density at radius 1 is 1.33 bits per heavy atom. The lowest BCUT2D eigenvalue weighted by Gasteiger charge is -2.13. The number of esters is 1. The molecule has 1 aliphatic rings. The molecule has 1 aliphatic carbocycles. The van der Waals surface area contributed by atoms with Crippen molar-refractivity contribution in [3.05, 3.63) is 48.0 Å². The first-order valence-corrected chi connectivity index (χ1v) is 6.59. The summed E-state index contributed by atoms with van der Waals surface area (Å²) in [4.78, 5) is 11.6. The maximum absolute atomic E-state index is 11.6. The van der Waals surface area contributed by atoms with Crippen LogP contribution in [0.25, 0.3) is 0 Å². The highest BCUT2D eigenvalue weighted by molar-refractivity contribution is 5.73. The van der Waals surface area contributed by atoms with Crippen molar-refractivity contribution < 1.29 is 9.53 Å². The topological polar surface area (TPSA) is 26.3 Å². The zero-order valence-corrected chi connectivity index (χ0v) is 10.8. The van der Waals surface area contributed by atoms with Crippen molar-refractivity contribution in [1.82, 2.24) is 0 Å². The highest BCUT2D eigenvalue weighted by Gasteiger charge is 2.31. The Morgan fingerprint density at radius 3 is 2.83 bits per heavy atom. The standard InChI is InChI=1S/C16H20O2/c1-18-16(17)15-12-6-11-14(15)10-5-9-13-7-3-2-4-8-13/h2-5,7-8,10,14-15H,6,9,11-12H2,1H3/b10-5+. The maximum atomic E-state index is 11.6. The number of allylic oxidation sites excluding steroid dienone is 2. The van der Waals surface area contributed by atoms with Crippen molar-refractivity contribution >= 4 is 5.97 Å². The molecule has 0 spiro atoms. The third-order valence-electron chi connectivity index (χ3n) is 3.65. The molecule has 1 aromatic carbocycles. The van der Waals surface area contributed by atoms with Gasteiger partial charge in [-0.05, 0) is 30.7 Å². The molecule has 1 saturated carbocycles. The van der Waals surface area contributed by atoms with Crippen LogP contribution < -0.4 is 0 Å². The summed E-state index contributed by atoms with van der Waals surface area (Å²) >= 11 is 0. The smallest absolute Gasteiger partial charge is 0.309 e. The molecule has 0 aliphatic heterocycles. The van der Waals surface area contributed by atoms with E-state index in [1.165, 1.54) is 12.7 Å². The fourth-order valence-corrected chi connectivity index (χ4v) is 2.66. The number of hydrogen-bond donors (Lipinski definition) is 0. The van der Waals surface area contributed by atoms with Crippen LogP contribution in [0.5, 0.6) is 0 Å². The minimum atomic E-state index is -0.0538. The van der Waals surface area contributed by atoms with Gasteiger partial charge in [0.15, 0.2) is 0 Å². The van der Waals surface area contributed by atoms with Crippen LogP contribution in [0.15, 0.2) is 42.5 Å². The van der Waals surface area contributed by atoms with Crippen molar-refractivity contribution in [2.75, 3.05) is 7.11 Å². The Balaban J connectivity index is 1.90. The molecular formula is C16H20O2. The lowest BCUT2D eigenvalue weighted by molar-refractivity contribution is -0.146. The van der Waals surface area contributed by atoms with E-state index in [0.717, 1.165) is 25.7 Å². The lowest BCUT2D eigenvalue weighted by Crippen LogP contribution is -2.18. The van der Waals surface area contributed by atoms with Crippen LogP contribution in [0.1, 0.15) is 24.8 Å². The van der Waals surface area contributed by atoms with E-state index in [9.17, 15) is 4.79 Å². The molecule has 0 radical (unpaired) electrons. The molecule has 0 aromatic heterocycles. The molecule has 2 nitrogen and oxygen atoms in total. The zero-order chi connectivity index (χ0) is 12.8. The second-order valence-electron chi connectivity index (χ2n) is 4.84. The first-order valence-electron chi connectivity index (χ1n) is 6.59. The summed E-state index contributed by atoms with van der Waals surface area (Å²) < 4.78 is 4.86. The van der Waals surface area contributed by atoms with Crippen molar-refractivity contribution in [3.63, 3.8) is 0 Å². The predicted molar refractivity (Wildman–Crippen MR) is 72.1 cm³/mol. The first kappa shape index (κ1) is 12.9. The van der Waals surface area contributed by atoms with Gasteiger partial charge in [-0.25, -0.2) is 0 Å². The minimum absolute atomic E-state index is 0.0538. The van der Waals surface area contributed by atoms with Crippen LogP contribution in [0.4, 0.5) is 0 Å². The first-order chi connectivity index (χ1) is 8.81. The van der Waals surface area contributed by atoms with Gasteiger partial charge in [-0.3, -0.25) is 4.79 Å². The Bertz CT molecular complexity index is 408. The molecule has 2 atom stereocenters. The van der Waals surface area contributed by atoms with E-state index in [1.807, 2.05) is 6.07 Å². The maximum Gasteiger partial charge on any atom is 0.309 e. The van der Waals surface area contributed by atoms with E-state index in [1.54, 1.807) is 0 Å². The summed E-state index contributed by atoms with van der Waals surface area (Å²) in [7, 11) is 1.48. The van der Waals surface area contributed by atoms with Crippen LogP contribution in [0, 0.1) is 11.8 Å². The van der Waals surface area contributed by atoms with Crippen LogP contribution in [0.2, 0.25) is 0 Å². The van der Waals surface area contributed by atoms with Crippen molar-refractivity contribution in [2.45, 2.75) is 25.7 Å². The average molecular weight is 244 g/mol. The molecule has 0 saturated heterocycles. The van der Waals surface area contributed by atoms with E-state index in [4.69, 9.17) is 4.74 Å². The van der Waals surface area contributed by atoms with Gasteiger partial charge in [0.05, 0.1) is 13.0 Å². The van der Waals surface area contributed by atoms with Gasteiger partial charge < -0.3 is 4.74 Å². The molecule has 0 amide bonds. The summed E-state index contributed by atoms with van der Waals surface area (Å²) in [6.07, 6.45) is 8.51. The van der Waals surface area contributed by atoms with Crippen molar-refractivity contribution in [1.29, 1.82) is 0 Å². The van der Waals surface area contributed by atoms with Gasteiger partial charge in [-0.1, -0.05) is 48.9 Å². The van der Waals surface area contributed by atoms with Crippen molar-refractivity contribution in [3.8, 4) is 0 Å². The fourth-order valence-electron chi connectivity index (χ4n) is 2.66. The van der Waals surface area contributed by atoms with E-state index in [-0.39, 0.29) is 11.9 Å². The number of hydrogen-bond acceptors (Lipinski definition) is 2. The summed E-state index contributed by atoms with van der Waals surface area (Å²) in [5.41, 5.74) is 1.31. The molecule has 0 bridgehead atoms. The highest BCUT2D eigenvalue weighted by Crippen LogP contribution is 2.33. The Morgan fingerprint density at radius 2 is 2.11 bits per heavy atom. The largest absolute Gasteiger partial charge is 0.469 e. The van der Waals surface area contributed by atoms with Gasteiger partial charge in [0.1, 0.15) is 0 Å². The summed E-state index contributed by atoms with van der Waals surface area (Å²) in [5.74, 6) is 0.380. The molecule has 1 fully saturated rings. The monoisotopic (exact) mass is 244 g/mol. The van der Waals surface area contributed by atoms with Gasteiger partial charge >= 0.3 is 5.97 Å². The normalized spacial score (nSPS) is 23.4. The second kappa shape index (κ2) is 6.39. The Labute approximate surface area is 109 Å². The van der Waals surface area contributed by atoms with Gasteiger partial charge in [0.2, 0.25) is 0 Å². The Hall–Kier alpha value is -1.57. The van der Waals surface area contributed by atoms with E-state index in [0.29, 0.717) is 5.92 Å². The third-order valence-corrected chi connectivity index (χ3v) is 3.65. The number of benzene rings is 1. The van der Waals surface area contributed by atoms with Gasteiger partial charge in [0.25, 0.3) is 0 Å². The Kier molecular flexibility index (Phi) is 4.57. The minimum Gasteiger partial charge on any atom is -0.469 e. The van der Waals surface area contributed by atoms with E-state index < -0.39 is 0 Å². The van der Waals surface area contributed by atoms with Crippen LogP contribution in [-0.2, 0) is 16.0 Å². The zero-order valence-electron chi connectivity index (χ0n) is 10.8. The molecule has 18 heavy (non-hydrogen) atoms. The molecule has 2 rings (SSSR count). The average Bonchev–Trinajstić information content (AvgIpc) is 2.87. The van der Waals surface area contributed by atoms with Crippen LogP contribution in [-0.4, -0.2) is 13.1 Å². The highest BCUT2D eigenvalue weighted by atomic mass is 16.5. The molecule has 2 unspecified atom stereocenters. The molecular weight excluding hydrogens is 224 g/mol. The quantitative estimate of drug-likeness (QED) is 0.599. The van der Waals surface area contributed by atoms with E-state index >= 15 is 0 Å². The lowest BCUT2D eigenvalue weighted by atomic mass is 9.95. The molecule has 96 valence electrons. The third kappa shape index (κ3) is 3.22. The molecule has 1 aromatic rings. The van der Waals surface area contributed by atoms with E-state index in [2.05, 4.69) is 36.4 Å². The number of methoxy groups -OCH3 is 1. The van der Waals surface area contributed by atoms with Crippen LogP contribution >= 0.6 is 0 Å². The second-order valence-corrected chi connectivity index (χ2v) is 4.84. The summed E-state index contributed by atoms with van der Waals surface area (Å²) in [6, 6.07) is 10.4. The number of carbonyl (C=O) groups is 1. The number of carbonyl (C=O) groups excluding carboxylic acids is 1. The fraction of sp³-hybridized carbons (Fsp3) is 0.438. The van der Waals surface area contributed by atoms with Crippen LogP contribution in [0.3, 0.4) is 0 Å². The SMILES string of the molecule is COC(=O)C1CCCC1/C=C/Cc1ccccc1. The summed E-state index contributed by atoms with van der Waals surface area (Å²) in [5, 5.41) is 0. The van der Waals surface area contributed by atoms with Gasteiger partial charge in [0, 0.05) is 0 Å². The predicted octanol–water partition coefficient (Wildman–Crippen LogP) is 3.37. The molecule has 0 heterocycles. The van der Waals surface area contributed by atoms with Gasteiger partial charge in [-0.15, -0.1) is 0 Å².